The van der Waals surface area contributed by atoms with Gasteiger partial charge in [0.1, 0.15) is 17.7 Å². The van der Waals surface area contributed by atoms with Crippen LogP contribution in [-0.2, 0) is 19.1 Å². The number of carbonyl (C=O) groups excluding carboxylic acids is 4. The normalized spacial score (nSPS) is 38.1. The lowest BCUT2D eigenvalue weighted by Gasteiger charge is -2.59. The van der Waals surface area contributed by atoms with E-state index in [1.54, 1.807) is 6.92 Å². The second kappa shape index (κ2) is 10.1. The van der Waals surface area contributed by atoms with Gasteiger partial charge in [0.15, 0.2) is 0 Å². The summed E-state index contributed by atoms with van der Waals surface area (Å²) in [4.78, 5) is 50.8. The summed E-state index contributed by atoms with van der Waals surface area (Å²) < 4.78 is 10.9. The van der Waals surface area contributed by atoms with Crippen molar-refractivity contribution < 1.29 is 28.7 Å². The molecule has 2 unspecified atom stereocenters. The van der Waals surface area contributed by atoms with Crippen LogP contribution >= 0.6 is 0 Å². The Bertz CT molecular complexity index is 861. The largest absolute Gasteiger partial charge is 0.448 e. The van der Waals surface area contributed by atoms with Crippen LogP contribution in [0.25, 0.3) is 0 Å². The molecular formula is C27H42N2O6. The topological polar surface area (TPSA) is 102 Å². The summed E-state index contributed by atoms with van der Waals surface area (Å²) in [5.74, 6) is 1.60. The number of ether oxygens (including phenoxy) is 2. The molecule has 0 aromatic rings. The van der Waals surface area contributed by atoms with E-state index in [2.05, 4.69) is 19.3 Å². The molecule has 7 atom stereocenters. The Labute approximate surface area is 208 Å². The van der Waals surface area contributed by atoms with Crippen molar-refractivity contribution in [2.45, 2.75) is 98.0 Å². The van der Waals surface area contributed by atoms with E-state index in [9.17, 15) is 19.2 Å². The lowest BCUT2D eigenvalue weighted by molar-refractivity contribution is -0.160. The molecule has 4 aliphatic carbocycles. The van der Waals surface area contributed by atoms with E-state index in [0.717, 1.165) is 43.5 Å². The quantitative estimate of drug-likeness (QED) is 0.428. The molecule has 4 rings (SSSR count). The van der Waals surface area contributed by atoms with Gasteiger partial charge in [-0.2, -0.15) is 0 Å². The first-order chi connectivity index (χ1) is 16.6. The van der Waals surface area contributed by atoms with Crippen LogP contribution < -0.4 is 5.43 Å². The van der Waals surface area contributed by atoms with Gasteiger partial charge >= 0.3 is 12.2 Å². The zero-order chi connectivity index (χ0) is 25.4. The fraction of sp³-hybridized carbons (Fsp3) is 0.852. The highest BCUT2D eigenvalue weighted by Gasteiger charge is 2.62. The lowest BCUT2D eigenvalue weighted by Crippen LogP contribution is -2.57. The van der Waals surface area contributed by atoms with Gasteiger partial charge in [0.25, 0.3) is 0 Å². The number of fused-ring (bicyclic) bond motifs is 5. The maximum atomic E-state index is 13.4. The van der Waals surface area contributed by atoms with E-state index in [1.807, 2.05) is 6.92 Å². The van der Waals surface area contributed by atoms with Crippen molar-refractivity contribution >= 4 is 23.8 Å². The molecule has 0 aromatic heterocycles. The number of rotatable bonds is 5. The van der Waals surface area contributed by atoms with Crippen molar-refractivity contribution in [1.82, 2.24) is 10.4 Å². The Morgan fingerprint density at radius 3 is 2.57 bits per heavy atom. The van der Waals surface area contributed by atoms with Gasteiger partial charge in [0.2, 0.25) is 0 Å². The van der Waals surface area contributed by atoms with E-state index in [-0.39, 0.29) is 35.2 Å². The van der Waals surface area contributed by atoms with E-state index in [0.29, 0.717) is 55.8 Å². The average molecular weight is 491 g/mol. The number of nitrogens with zero attached hydrogens (tertiary/aromatic N) is 1. The van der Waals surface area contributed by atoms with Crippen LogP contribution in [0.3, 0.4) is 0 Å². The molecule has 0 saturated heterocycles. The Balaban J connectivity index is 1.38. The number of hydrazine groups is 1. The fourth-order valence-corrected chi connectivity index (χ4v) is 7.79. The predicted molar refractivity (Wildman–Crippen MR) is 129 cm³/mol. The van der Waals surface area contributed by atoms with Gasteiger partial charge in [0, 0.05) is 30.7 Å². The molecular weight excluding hydrogens is 448 g/mol. The first kappa shape index (κ1) is 26.0. The number of Topliss-reactive ketones (excluding diaryl/α,β-unsaturated/α-hetero) is 2. The molecule has 4 saturated carbocycles. The van der Waals surface area contributed by atoms with Crippen LogP contribution in [0, 0.1) is 34.5 Å². The molecule has 4 aliphatic rings. The van der Waals surface area contributed by atoms with Crippen molar-refractivity contribution in [3.05, 3.63) is 0 Å². The van der Waals surface area contributed by atoms with Crippen LogP contribution in [0.5, 0.6) is 0 Å². The molecule has 0 spiro atoms. The SMILES string of the molecule is CCCCOC(=O)NN(CC)C(=O)OC1CC[C@@]2(C)C(C1)C(=O)C[C@@H]1[C@@H]2CC[C@]2(C)C(=O)CC[C@@H]12. The summed E-state index contributed by atoms with van der Waals surface area (Å²) in [6.07, 6.45) is 6.16. The van der Waals surface area contributed by atoms with E-state index < -0.39 is 12.2 Å². The van der Waals surface area contributed by atoms with Gasteiger partial charge in [0.05, 0.1) is 6.61 Å². The van der Waals surface area contributed by atoms with E-state index >= 15 is 0 Å². The average Bonchev–Trinajstić information content (AvgIpc) is 3.13. The highest BCUT2D eigenvalue weighted by molar-refractivity contribution is 5.88. The zero-order valence-corrected chi connectivity index (χ0v) is 21.8. The first-order valence-corrected chi connectivity index (χ1v) is 13.6. The number of hydrogen-bond donors (Lipinski definition) is 1. The van der Waals surface area contributed by atoms with Crippen molar-refractivity contribution in [2.75, 3.05) is 13.2 Å². The van der Waals surface area contributed by atoms with Crippen molar-refractivity contribution in [1.29, 1.82) is 0 Å². The molecule has 0 aliphatic heterocycles. The molecule has 0 bridgehead atoms. The van der Waals surface area contributed by atoms with Gasteiger partial charge in [-0.15, -0.1) is 0 Å². The first-order valence-electron chi connectivity index (χ1n) is 13.6. The number of carbonyl (C=O) groups is 4. The number of ketones is 2. The maximum absolute atomic E-state index is 13.4. The second-order valence-electron chi connectivity index (χ2n) is 11.6. The summed E-state index contributed by atoms with van der Waals surface area (Å²) in [5.41, 5.74) is 2.10. The van der Waals surface area contributed by atoms with Gasteiger partial charge in [-0.25, -0.2) is 20.0 Å². The Kier molecular flexibility index (Phi) is 7.49. The second-order valence-corrected chi connectivity index (χ2v) is 11.6. The molecule has 0 heterocycles. The summed E-state index contributed by atoms with van der Waals surface area (Å²) in [6, 6.07) is 0. The Hall–Kier alpha value is -2.12. The number of unbranched alkanes of at least 4 members (excludes halogenated alkanes) is 1. The summed E-state index contributed by atoms with van der Waals surface area (Å²) >= 11 is 0. The van der Waals surface area contributed by atoms with Gasteiger partial charge in [-0.1, -0.05) is 27.2 Å². The molecule has 0 radical (unpaired) electrons. The fourth-order valence-electron chi connectivity index (χ4n) is 7.79. The minimum absolute atomic E-state index is 0.109. The van der Waals surface area contributed by atoms with Crippen molar-refractivity contribution in [3.63, 3.8) is 0 Å². The third kappa shape index (κ3) is 4.69. The number of nitrogens with one attached hydrogen (secondary N) is 1. The van der Waals surface area contributed by atoms with Gasteiger partial charge < -0.3 is 9.47 Å². The van der Waals surface area contributed by atoms with Crippen LogP contribution in [0.15, 0.2) is 0 Å². The molecule has 196 valence electrons. The van der Waals surface area contributed by atoms with Gasteiger partial charge in [-0.3, -0.25) is 9.59 Å². The minimum Gasteiger partial charge on any atom is -0.448 e. The van der Waals surface area contributed by atoms with Gasteiger partial charge in [-0.05, 0) is 75.0 Å². The third-order valence-corrected chi connectivity index (χ3v) is 9.88. The third-order valence-electron chi connectivity index (χ3n) is 9.88. The number of hydrogen-bond acceptors (Lipinski definition) is 6. The summed E-state index contributed by atoms with van der Waals surface area (Å²) in [6.45, 7) is 8.69. The summed E-state index contributed by atoms with van der Waals surface area (Å²) in [7, 11) is 0. The maximum Gasteiger partial charge on any atom is 0.429 e. The van der Waals surface area contributed by atoms with Crippen LogP contribution in [-0.4, -0.2) is 48.0 Å². The zero-order valence-electron chi connectivity index (χ0n) is 21.8. The number of amides is 2. The molecule has 2 amide bonds. The predicted octanol–water partition coefficient (Wildman–Crippen LogP) is 5.05. The van der Waals surface area contributed by atoms with Crippen LogP contribution in [0.1, 0.15) is 91.9 Å². The Morgan fingerprint density at radius 1 is 1.09 bits per heavy atom. The molecule has 35 heavy (non-hydrogen) atoms. The van der Waals surface area contributed by atoms with Crippen LogP contribution in [0.4, 0.5) is 9.59 Å². The summed E-state index contributed by atoms with van der Waals surface area (Å²) in [5, 5.41) is 1.12. The molecule has 1 N–H and O–H groups in total. The molecule has 0 aromatic carbocycles. The monoisotopic (exact) mass is 490 g/mol. The van der Waals surface area contributed by atoms with Crippen molar-refractivity contribution in [3.8, 4) is 0 Å². The lowest BCUT2D eigenvalue weighted by atomic mass is 9.45. The van der Waals surface area contributed by atoms with E-state index in [4.69, 9.17) is 9.47 Å². The molecule has 4 fully saturated rings. The molecule has 8 heteroatoms. The highest BCUT2D eigenvalue weighted by atomic mass is 16.6. The Morgan fingerprint density at radius 2 is 1.86 bits per heavy atom. The highest BCUT2D eigenvalue weighted by Crippen LogP contribution is 2.64. The van der Waals surface area contributed by atoms with Crippen LogP contribution in [0.2, 0.25) is 0 Å². The van der Waals surface area contributed by atoms with E-state index in [1.165, 1.54) is 0 Å². The smallest absolute Gasteiger partial charge is 0.429 e. The minimum atomic E-state index is -0.670. The van der Waals surface area contributed by atoms with Crippen molar-refractivity contribution in [2.24, 2.45) is 34.5 Å². The standard InChI is InChI=1S/C27H42N2O6/c1-5-7-14-34-24(32)28-29(6-2)25(33)35-17-10-12-26(3)20-11-13-27(4)19(8-9-23(27)31)18(20)16-22(30)21(26)15-17/h17-21H,5-16H2,1-4H3,(H,28,32)/t17?,18-,19-,20-,21?,26+,27-/m0/s1. The molecule has 8 nitrogen and oxygen atoms in total.